The highest BCUT2D eigenvalue weighted by Crippen LogP contribution is 2.20. The Morgan fingerprint density at radius 3 is 2.52 bits per heavy atom. The van der Waals surface area contributed by atoms with E-state index in [4.69, 9.17) is 11.6 Å². The van der Waals surface area contributed by atoms with Gasteiger partial charge in [0.2, 0.25) is 11.7 Å². The molecule has 0 radical (unpaired) electrons. The largest absolute Gasteiger partial charge is 0.356 e. The molecule has 2 heterocycles. The summed E-state index contributed by atoms with van der Waals surface area (Å²) >= 11 is 5.94. The van der Waals surface area contributed by atoms with Crippen molar-refractivity contribution in [2.24, 2.45) is 5.92 Å². The minimum absolute atomic E-state index is 0.0259. The monoisotopic (exact) mass is 417 g/mol. The smallest absolute Gasteiger partial charge is 0.293 e. The number of carbonyl (C=O) groups is 2. The van der Waals surface area contributed by atoms with Crippen LogP contribution in [0.2, 0.25) is 5.02 Å². The van der Waals surface area contributed by atoms with Crippen LogP contribution in [0, 0.1) is 12.8 Å². The van der Waals surface area contributed by atoms with Gasteiger partial charge in [-0.1, -0.05) is 31.4 Å². The van der Waals surface area contributed by atoms with Gasteiger partial charge in [0, 0.05) is 30.6 Å². The SMILES string of the molecule is CCCCCNC(=O)C1CCN(C(=O)c2nc(C)n(-c3ccc(Cl)cc3)n2)CC1. The summed E-state index contributed by atoms with van der Waals surface area (Å²) in [5.41, 5.74) is 0.803. The maximum atomic E-state index is 12.8. The number of hydrogen-bond donors (Lipinski definition) is 1. The van der Waals surface area contributed by atoms with E-state index in [1.54, 1.807) is 21.7 Å². The van der Waals surface area contributed by atoms with Crippen LogP contribution in [-0.4, -0.2) is 51.1 Å². The van der Waals surface area contributed by atoms with Gasteiger partial charge in [-0.15, -0.1) is 5.10 Å². The molecular formula is C21H28ClN5O2. The number of unbranched alkanes of at least 4 members (excludes halogenated alkanes) is 2. The first-order valence-electron chi connectivity index (χ1n) is 10.3. The van der Waals surface area contributed by atoms with E-state index in [2.05, 4.69) is 22.3 Å². The summed E-state index contributed by atoms with van der Waals surface area (Å²) in [5.74, 6) is 0.704. The lowest BCUT2D eigenvalue weighted by Gasteiger charge is -2.30. The molecular weight excluding hydrogens is 390 g/mol. The third-order valence-corrected chi connectivity index (χ3v) is 5.52. The molecule has 2 amide bonds. The van der Waals surface area contributed by atoms with Crippen molar-refractivity contribution in [2.75, 3.05) is 19.6 Å². The van der Waals surface area contributed by atoms with Crippen molar-refractivity contribution in [1.82, 2.24) is 25.0 Å². The number of nitrogens with one attached hydrogen (secondary N) is 1. The number of piperidine rings is 1. The van der Waals surface area contributed by atoms with Gasteiger partial charge in [-0.2, -0.15) is 0 Å². The normalized spacial score (nSPS) is 14.8. The van der Waals surface area contributed by atoms with Crippen LogP contribution < -0.4 is 5.32 Å². The highest BCUT2D eigenvalue weighted by molar-refractivity contribution is 6.30. The molecule has 7 nitrogen and oxygen atoms in total. The van der Waals surface area contributed by atoms with Crippen molar-refractivity contribution >= 4 is 23.4 Å². The second kappa shape index (κ2) is 9.87. The zero-order valence-electron chi connectivity index (χ0n) is 17.0. The first-order chi connectivity index (χ1) is 14.0. The number of carbonyl (C=O) groups excluding carboxylic acids is 2. The number of nitrogens with zero attached hydrogens (tertiary/aromatic N) is 4. The molecule has 2 aromatic rings. The minimum atomic E-state index is -0.192. The molecule has 156 valence electrons. The van der Waals surface area contributed by atoms with Gasteiger partial charge in [0.05, 0.1) is 5.69 Å². The van der Waals surface area contributed by atoms with Crippen LogP contribution >= 0.6 is 11.6 Å². The zero-order chi connectivity index (χ0) is 20.8. The number of aromatic nitrogens is 3. The predicted molar refractivity (Wildman–Crippen MR) is 112 cm³/mol. The standard InChI is InChI=1S/C21H28ClN5O2/c1-3-4-5-12-23-20(28)16-10-13-26(14-11-16)21(29)19-24-15(2)27(25-19)18-8-6-17(22)7-9-18/h6-9,16H,3-5,10-14H2,1-2H3,(H,23,28). The van der Waals surface area contributed by atoms with E-state index >= 15 is 0 Å². The van der Waals surface area contributed by atoms with Gasteiger partial charge in [-0.05, 0) is 50.5 Å². The fraction of sp³-hybridized carbons (Fsp3) is 0.524. The Bertz CT molecular complexity index is 841. The molecule has 8 heteroatoms. The second-order valence-electron chi connectivity index (χ2n) is 7.44. The Morgan fingerprint density at radius 1 is 1.17 bits per heavy atom. The molecule has 0 spiro atoms. The van der Waals surface area contributed by atoms with Crippen LogP contribution in [0.25, 0.3) is 5.69 Å². The van der Waals surface area contributed by atoms with Gasteiger partial charge >= 0.3 is 0 Å². The summed E-state index contributed by atoms with van der Waals surface area (Å²) in [6, 6.07) is 7.22. The lowest BCUT2D eigenvalue weighted by Crippen LogP contribution is -2.43. The van der Waals surface area contributed by atoms with Crippen LogP contribution in [0.15, 0.2) is 24.3 Å². The van der Waals surface area contributed by atoms with E-state index in [9.17, 15) is 9.59 Å². The molecule has 1 aromatic carbocycles. The number of halogens is 1. The number of hydrogen-bond acceptors (Lipinski definition) is 4. The van der Waals surface area contributed by atoms with Crippen LogP contribution in [0.3, 0.4) is 0 Å². The number of amides is 2. The molecule has 1 aliphatic heterocycles. The Hall–Kier alpha value is -2.41. The quantitative estimate of drug-likeness (QED) is 0.700. The van der Waals surface area contributed by atoms with Crippen LogP contribution in [-0.2, 0) is 4.79 Å². The maximum absolute atomic E-state index is 12.8. The van der Waals surface area contributed by atoms with Crippen LogP contribution in [0.1, 0.15) is 55.5 Å². The maximum Gasteiger partial charge on any atom is 0.293 e. The zero-order valence-corrected chi connectivity index (χ0v) is 17.8. The molecule has 1 fully saturated rings. The average Bonchev–Trinajstić information content (AvgIpc) is 3.13. The summed E-state index contributed by atoms with van der Waals surface area (Å²) in [5, 5.41) is 8.04. The fourth-order valence-corrected chi connectivity index (χ4v) is 3.65. The van der Waals surface area contributed by atoms with E-state index in [0.29, 0.717) is 36.8 Å². The van der Waals surface area contributed by atoms with Gasteiger partial charge < -0.3 is 10.2 Å². The topological polar surface area (TPSA) is 80.1 Å². The summed E-state index contributed by atoms with van der Waals surface area (Å²) in [6.07, 6.45) is 4.62. The van der Waals surface area contributed by atoms with E-state index in [0.717, 1.165) is 31.5 Å². The number of likely N-dealkylation sites (tertiary alicyclic amines) is 1. The molecule has 3 rings (SSSR count). The molecule has 1 aromatic heterocycles. The van der Waals surface area contributed by atoms with Crippen molar-refractivity contribution in [2.45, 2.75) is 46.0 Å². The Balaban J connectivity index is 1.56. The molecule has 0 aliphatic carbocycles. The molecule has 1 N–H and O–H groups in total. The van der Waals surface area contributed by atoms with E-state index in [1.807, 2.05) is 19.1 Å². The number of aryl methyl sites for hydroxylation is 1. The van der Waals surface area contributed by atoms with Crippen molar-refractivity contribution in [3.63, 3.8) is 0 Å². The molecule has 1 aliphatic rings. The van der Waals surface area contributed by atoms with Crippen LogP contribution in [0.4, 0.5) is 0 Å². The van der Waals surface area contributed by atoms with Gasteiger partial charge in [0.15, 0.2) is 0 Å². The molecule has 1 saturated heterocycles. The molecule has 0 bridgehead atoms. The highest BCUT2D eigenvalue weighted by atomic mass is 35.5. The van der Waals surface area contributed by atoms with Crippen molar-refractivity contribution < 1.29 is 9.59 Å². The molecule has 29 heavy (non-hydrogen) atoms. The van der Waals surface area contributed by atoms with Gasteiger partial charge in [-0.3, -0.25) is 9.59 Å². The number of benzene rings is 1. The molecule has 0 saturated carbocycles. The predicted octanol–water partition coefficient (Wildman–Crippen LogP) is 3.39. The van der Waals surface area contributed by atoms with Gasteiger partial charge in [0.25, 0.3) is 5.91 Å². The van der Waals surface area contributed by atoms with E-state index in [-0.39, 0.29) is 23.6 Å². The van der Waals surface area contributed by atoms with Crippen LogP contribution in [0.5, 0.6) is 0 Å². The Kier molecular flexibility index (Phi) is 7.25. The lowest BCUT2D eigenvalue weighted by atomic mass is 9.95. The fourth-order valence-electron chi connectivity index (χ4n) is 3.52. The highest BCUT2D eigenvalue weighted by Gasteiger charge is 2.29. The Morgan fingerprint density at radius 2 is 1.86 bits per heavy atom. The first kappa shape index (κ1) is 21.3. The molecule has 0 atom stereocenters. The first-order valence-corrected chi connectivity index (χ1v) is 10.6. The van der Waals surface area contributed by atoms with Crippen molar-refractivity contribution in [3.05, 3.63) is 40.9 Å². The third-order valence-electron chi connectivity index (χ3n) is 5.26. The minimum Gasteiger partial charge on any atom is -0.356 e. The second-order valence-corrected chi connectivity index (χ2v) is 7.87. The molecule has 0 unspecified atom stereocenters. The van der Waals surface area contributed by atoms with Gasteiger partial charge in [0.1, 0.15) is 5.82 Å². The summed E-state index contributed by atoms with van der Waals surface area (Å²) in [7, 11) is 0. The number of rotatable bonds is 7. The average molecular weight is 418 g/mol. The van der Waals surface area contributed by atoms with Crippen molar-refractivity contribution in [1.29, 1.82) is 0 Å². The van der Waals surface area contributed by atoms with E-state index < -0.39 is 0 Å². The third kappa shape index (κ3) is 5.35. The summed E-state index contributed by atoms with van der Waals surface area (Å²) < 4.78 is 1.64. The lowest BCUT2D eigenvalue weighted by molar-refractivity contribution is -0.126. The van der Waals surface area contributed by atoms with Crippen molar-refractivity contribution in [3.8, 4) is 5.69 Å². The summed E-state index contributed by atoms with van der Waals surface area (Å²) in [4.78, 5) is 31.2. The van der Waals surface area contributed by atoms with E-state index in [1.165, 1.54) is 0 Å². The van der Waals surface area contributed by atoms with Gasteiger partial charge in [-0.25, -0.2) is 9.67 Å². The summed E-state index contributed by atoms with van der Waals surface area (Å²) in [6.45, 7) is 5.77. The Labute approximate surface area is 176 Å².